The first kappa shape index (κ1) is 21.2. The molecule has 2 aromatic carbocycles. The third-order valence-electron chi connectivity index (χ3n) is 3.44. The highest BCUT2D eigenvalue weighted by atomic mass is 79.9. The number of hydrogen-bond donors (Lipinski definition) is 1. The fourth-order valence-electron chi connectivity index (χ4n) is 2.10. The van der Waals surface area contributed by atoms with Gasteiger partial charge in [0.25, 0.3) is 0 Å². The summed E-state index contributed by atoms with van der Waals surface area (Å²) in [4.78, 5) is 5.33. The summed E-state index contributed by atoms with van der Waals surface area (Å²) in [7, 11) is -5.55. The van der Waals surface area contributed by atoms with Gasteiger partial charge in [0, 0.05) is 10.0 Å². The van der Waals surface area contributed by atoms with Gasteiger partial charge in [-0.15, -0.1) is 0 Å². The van der Waals surface area contributed by atoms with Crippen LogP contribution in [0.4, 0.5) is 18.9 Å². The monoisotopic (exact) mass is 464 g/mol. The van der Waals surface area contributed by atoms with Crippen molar-refractivity contribution in [2.24, 2.45) is 5.16 Å². The smallest absolute Gasteiger partial charge is 0.357 e. The molecule has 0 radical (unpaired) electrons. The first-order valence-electron chi connectivity index (χ1n) is 7.73. The molecule has 0 aliphatic heterocycles. The van der Waals surface area contributed by atoms with Crippen LogP contribution in [0.1, 0.15) is 24.5 Å². The Hall–Kier alpha value is -2.07. The Morgan fingerprint density at radius 1 is 1.19 bits per heavy atom. The summed E-state index contributed by atoms with van der Waals surface area (Å²) in [5.74, 6) is 0.425. The summed E-state index contributed by atoms with van der Waals surface area (Å²) < 4.78 is 63.5. The van der Waals surface area contributed by atoms with Gasteiger partial charge in [-0.25, -0.2) is 0 Å². The highest BCUT2D eigenvalue weighted by Gasteiger charge is 2.46. The second kappa shape index (κ2) is 8.30. The molecule has 0 fully saturated rings. The maximum atomic E-state index is 12.7. The van der Waals surface area contributed by atoms with Crippen molar-refractivity contribution in [3.8, 4) is 5.75 Å². The lowest BCUT2D eigenvalue weighted by Crippen LogP contribution is -2.30. The van der Waals surface area contributed by atoms with Crippen LogP contribution in [0.25, 0.3) is 0 Å². The van der Waals surface area contributed by atoms with Gasteiger partial charge in [0.2, 0.25) is 0 Å². The minimum Gasteiger partial charge on any atom is -0.357 e. The van der Waals surface area contributed by atoms with Crippen LogP contribution in [0.5, 0.6) is 5.75 Å². The van der Waals surface area contributed by atoms with Crippen LogP contribution >= 0.6 is 15.9 Å². The third-order valence-corrected chi connectivity index (χ3v) is 5.07. The van der Waals surface area contributed by atoms with Gasteiger partial charge in [0.05, 0.1) is 11.4 Å². The number of aryl methyl sites for hydroxylation is 1. The molecule has 5 nitrogen and oxygen atoms in total. The topological polar surface area (TPSA) is 67.8 Å². The molecule has 0 unspecified atom stereocenters. The predicted molar refractivity (Wildman–Crippen MR) is 101 cm³/mol. The van der Waals surface area contributed by atoms with E-state index in [1.165, 1.54) is 12.1 Å². The molecule has 0 amide bonds. The minimum atomic E-state index is -5.55. The van der Waals surface area contributed by atoms with Crippen molar-refractivity contribution in [1.82, 2.24) is 0 Å². The van der Waals surface area contributed by atoms with Crippen LogP contribution in [0.2, 0.25) is 0 Å². The fraction of sp³-hybridized carbons (Fsp3) is 0.235. The number of nitrogens with one attached hydrogen (secondary N) is 1. The van der Waals surface area contributed by atoms with E-state index < -0.39 is 15.5 Å². The number of halogens is 4. The number of oxime groups is 1. The van der Waals surface area contributed by atoms with Crippen LogP contribution in [0.3, 0.4) is 0 Å². The summed E-state index contributed by atoms with van der Waals surface area (Å²) in [6, 6.07) is 11.1. The van der Waals surface area contributed by atoms with E-state index in [-0.39, 0.29) is 11.3 Å². The van der Waals surface area contributed by atoms with Crippen LogP contribution < -0.4 is 9.56 Å². The molecule has 0 bridgehead atoms. The molecule has 2 aromatic rings. The molecule has 146 valence electrons. The van der Waals surface area contributed by atoms with Crippen LogP contribution in [0.15, 0.2) is 52.1 Å². The SMILES string of the molecule is CC/C(=N\Oc1ccc(Br)cc1)c1cc(C)ccc1NS(=O)(=O)C(F)(F)F. The molecule has 0 aromatic heterocycles. The van der Waals surface area contributed by atoms with Crippen molar-refractivity contribution < 1.29 is 26.4 Å². The first-order valence-corrected chi connectivity index (χ1v) is 10.0. The molecular formula is C17H16BrF3N2O3S. The van der Waals surface area contributed by atoms with Crippen molar-refractivity contribution in [2.75, 3.05) is 4.72 Å². The summed E-state index contributed by atoms with van der Waals surface area (Å²) in [5.41, 5.74) is -4.42. The predicted octanol–water partition coefficient (Wildman–Crippen LogP) is 5.21. The van der Waals surface area contributed by atoms with Crippen molar-refractivity contribution in [3.63, 3.8) is 0 Å². The lowest BCUT2D eigenvalue weighted by atomic mass is 10.0. The molecule has 0 saturated heterocycles. The molecule has 1 N–H and O–H groups in total. The van der Waals surface area contributed by atoms with E-state index in [1.807, 2.05) is 0 Å². The zero-order chi connectivity index (χ0) is 20.2. The molecule has 0 heterocycles. The quantitative estimate of drug-likeness (QED) is 0.471. The fourth-order valence-corrected chi connectivity index (χ4v) is 2.94. The number of alkyl halides is 3. The van der Waals surface area contributed by atoms with Crippen LogP contribution in [-0.2, 0) is 10.0 Å². The third kappa shape index (κ3) is 5.46. The van der Waals surface area contributed by atoms with E-state index in [0.717, 1.165) is 10.0 Å². The highest BCUT2D eigenvalue weighted by Crippen LogP contribution is 2.28. The first-order chi connectivity index (χ1) is 12.5. The van der Waals surface area contributed by atoms with Crippen molar-refractivity contribution in [3.05, 3.63) is 58.1 Å². The molecule has 10 heteroatoms. The molecule has 0 atom stereocenters. The van der Waals surface area contributed by atoms with Gasteiger partial charge in [-0.2, -0.15) is 21.6 Å². The highest BCUT2D eigenvalue weighted by molar-refractivity contribution is 9.10. The number of hydrogen-bond acceptors (Lipinski definition) is 4. The van der Waals surface area contributed by atoms with Gasteiger partial charge in [0.15, 0.2) is 5.75 Å². The minimum absolute atomic E-state index is 0.211. The van der Waals surface area contributed by atoms with Crippen LogP contribution in [-0.4, -0.2) is 19.6 Å². The Bertz CT molecular complexity index is 943. The maximum absolute atomic E-state index is 12.7. The number of rotatable bonds is 6. The number of sulfonamides is 1. The Kier molecular flexibility index (Phi) is 6.53. The summed E-state index contributed by atoms with van der Waals surface area (Å²) in [5, 5.41) is 3.99. The molecule has 0 spiro atoms. The van der Waals surface area contributed by atoms with Gasteiger partial charge in [-0.1, -0.05) is 39.6 Å². The maximum Gasteiger partial charge on any atom is 0.516 e. The molecule has 0 aliphatic carbocycles. The van der Waals surface area contributed by atoms with E-state index in [9.17, 15) is 21.6 Å². The Balaban J connectivity index is 2.40. The Morgan fingerprint density at radius 3 is 2.37 bits per heavy atom. The zero-order valence-corrected chi connectivity index (χ0v) is 16.7. The standard InChI is InChI=1S/C17H16BrF3N2O3S/c1-3-15(22-26-13-7-5-12(18)6-8-13)14-10-11(2)4-9-16(14)23-27(24,25)17(19,20)21/h4-10,23H,3H2,1-2H3/b22-15+. The van der Waals surface area contributed by atoms with Crippen molar-refractivity contribution in [2.45, 2.75) is 25.8 Å². The second-order valence-corrected chi connectivity index (χ2v) is 8.13. The molecular weight excluding hydrogens is 449 g/mol. The summed E-state index contributed by atoms with van der Waals surface area (Å²) in [6.07, 6.45) is 0.306. The van der Waals surface area contributed by atoms with E-state index in [1.54, 1.807) is 48.9 Å². The average molecular weight is 465 g/mol. The van der Waals surface area contributed by atoms with Crippen LogP contribution in [0, 0.1) is 6.92 Å². The lowest BCUT2D eigenvalue weighted by Gasteiger charge is -2.15. The molecule has 0 aliphatic rings. The molecule has 27 heavy (non-hydrogen) atoms. The van der Waals surface area contributed by atoms with E-state index in [4.69, 9.17) is 4.84 Å². The zero-order valence-electron chi connectivity index (χ0n) is 14.3. The second-order valence-electron chi connectivity index (χ2n) is 5.54. The normalized spacial score (nSPS) is 12.7. The largest absolute Gasteiger partial charge is 0.516 e. The van der Waals surface area contributed by atoms with E-state index in [0.29, 0.717) is 17.9 Å². The van der Waals surface area contributed by atoms with Crippen molar-refractivity contribution >= 4 is 37.4 Å². The summed E-state index contributed by atoms with van der Waals surface area (Å²) >= 11 is 3.29. The Labute approximate surface area is 163 Å². The van der Waals surface area contributed by atoms with E-state index >= 15 is 0 Å². The average Bonchev–Trinajstić information content (AvgIpc) is 2.58. The summed E-state index contributed by atoms with van der Waals surface area (Å²) in [6.45, 7) is 3.46. The number of benzene rings is 2. The molecule has 2 rings (SSSR count). The number of nitrogens with zero attached hydrogens (tertiary/aromatic N) is 1. The van der Waals surface area contributed by atoms with Gasteiger partial charge in [-0.05, 0) is 49.7 Å². The van der Waals surface area contributed by atoms with Crippen molar-refractivity contribution in [1.29, 1.82) is 0 Å². The van der Waals surface area contributed by atoms with Gasteiger partial charge < -0.3 is 4.84 Å². The van der Waals surface area contributed by atoms with Gasteiger partial charge in [0.1, 0.15) is 0 Å². The van der Waals surface area contributed by atoms with Gasteiger partial charge >= 0.3 is 15.5 Å². The molecule has 0 saturated carbocycles. The number of anilines is 1. The lowest BCUT2D eigenvalue weighted by molar-refractivity contribution is -0.0429. The van der Waals surface area contributed by atoms with E-state index in [2.05, 4.69) is 21.1 Å². The Morgan fingerprint density at radius 2 is 1.81 bits per heavy atom. The van der Waals surface area contributed by atoms with Gasteiger partial charge in [-0.3, -0.25) is 4.72 Å².